The van der Waals surface area contributed by atoms with Crippen LogP contribution >= 0.6 is 15.9 Å². The highest BCUT2D eigenvalue weighted by atomic mass is 79.9. The van der Waals surface area contributed by atoms with Crippen LogP contribution in [0.15, 0.2) is 46.9 Å². The quantitative estimate of drug-likeness (QED) is 0.659. The van der Waals surface area contributed by atoms with Gasteiger partial charge in [0.2, 0.25) is 0 Å². The molecule has 2 rings (SSSR count). The molecule has 1 N–H and O–H groups in total. The average Bonchev–Trinajstić information content (AvgIpc) is 2.48. The molecule has 0 saturated heterocycles. The van der Waals surface area contributed by atoms with Crippen molar-refractivity contribution in [2.24, 2.45) is 0 Å². The average molecular weight is 352 g/mol. The van der Waals surface area contributed by atoms with Crippen molar-refractivity contribution in [1.29, 1.82) is 0 Å². The molecule has 0 aromatic heterocycles. The first kappa shape index (κ1) is 15.5. The van der Waals surface area contributed by atoms with E-state index in [0.29, 0.717) is 17.7 Å². The normalized spacial score (nSPS) is 12.0. The minimum absolute atomic E-state index is 0.0378. The lowest BCUT2D eigenvalue weighted by molar-refractivity contribution is -0.384. The monoisotopic (exact) mass is 351 g/mol. The van der Waals surface area contributed by atoms with Crippen LogP contribution in [0.5, 0.6) is 5.75 Å². The van der Waals surface area contributed by atoms with E-state index in [2.05, 4.69) is 15.9 Å². The summed E-state index contributed by atoms with van der Waals surface area (Å²) in [5.41, 5.74) is 1.58. The van der Waals surface area contributed by atoms with Crippen LogP contribution in [-0.2, 0) is 6.42 Å². The van der Waals surface area contributed by atoms with Crippen LogP contribution < -0.4 is 4.74 Å². The number of aliphatic hydroxyl groups excluding tert-OH is 1. The number of hydrogen-bond acceptors (Lipinski definition) is 4. The van der Waals surface area contributed by atoms with E-state index in [-0.39, 0.29) is 5.69 Å². The van der Waals surface area contributed by atoms with E-state index in [4.69, 9.17) is 4.74 Å². The molecule has 5 nitrogen and oxygen atoms in total. The first-order valence-electron chi connectivity index (χ1n) is 6.26. The fraction of sp³-hybridized carbons (Fsp3) is 0.200. The Morgan fingerprint density at radius 1 is 1.29 bits per heavy atom. The fourth-order valence-electron chi connectivity index (χ4n) is 1.99. The van der Waals surface area contributed by atoms with Crippen LogP contribution in [0, 0.1) is 10.1 Å². The first-order chi connectivity index (χ1) is 10.0. The van der Waals surface area contributed by atoms with E-state index < -0.39 is 11.0 Å². The smallest absolute Gasteiger partial charge is 0.269 e. The van der Waals surface area contributed by atoms with E-state index in [9.17, 15) is 15.2 Å². The number of methoxy groups -OCH3 is 1. The van der Waals surface area contributed by atoms with E-state index in [0.717, 1.165) is 10.0 Å². The third-order valence-corrected chi connectivity index (χ3v) is 3.86. The van der Waals surface area contributed by atoms with Crippen molar-refractivity contribution in [2.75, 3.05) is 7.11 Å². The number of halogens is 1. The van der Waals surface area contributed by atoms with Crippen molar-refractivity contribution >= 4 is 21.6 Å². The van der Waals surface area contributed by atoms with Gasteiger partial charge in [0.25, 0.3) is 5.69 Å². The maximum Gasteiger partial charge on any atom is 0.269 e. The molecule has 2 aromatic rings. The maximum absolute atomic E-state index is 10.6. The third-order valence-electron chi connectivity index (χ3n) is 3.14. The number of non-ortho nitro benzene ring substituents is 1. The Morgan fingerprint density at radius 3 is 2.52 bits per heavy atom. The summed E-state index contributed by atoms with van der Waals surface area (Å²) in [6.07, 6.45) is -0.361. The number of ether oxygens (including phenoxy) is 1. The van der Waals surface area contributed by atoms with Crippen molar-refractivity contribution in [3.63, 3.8) is 0 Å². The Kier molecular flexibility index (Phi) is 4.93. The molecular formula is C15H14BrNO4. The van der Waals surface area contributed by atoms with Gasteiger partial charge in [-0.3, -0.25) is 10.1 Å². The number of nitrogens with zero attached hydrogens (tertiary/aromatic N) is 1. The molecule has 0 saturated carbocycles. The third kappa shape index (κ3) is 3.80. The Labute approximate surface area is 130 Å². The molecule has 2 aromatic carbocycles. The van der Waals surface area contributed by atoms with Gasteiger partial charge in [-0.2, -0.15) is 0 Å². The van der Waals surface area contributed by atoms with Gasteiger partial charge < -0.3 is 9.84 Å². The second-order valence-electron chi connectivity index (χ2n) is 4.53. The summed E-state index contributed by atoms with van der Waals surface area (Å²) < 4.78 is 5.93. The van der Waals surface area contributed by atoms with Crippen molar-refractivity contribution in [3.8, 4) is 5.75 Å². The first-order valence-corrected chi connectivity index (χ1v) is 7.05. The molecule has 1 atom stereocenters. The number of nitro groups is 1. The molecule has 0 radical (unpaired) electrons. The molecule has 0 spiro atoms. The highest BCUT2D eigenvalue weighted by Crippen LogP contribution is 2.30. The number of benzene rings is 2. The second kappa shape index (κ2) is 6.69. The molecule has 0 aliphatic heterocycles. The van der Waals surface area contributed by atoms with Crippen LogP contribution in [0.2, 0.25) is 0 Å². The lowest BCUT2D eigenvalue weighted by Crippen LogP contribution is -2.03. The molecular weight excluding hydrogens is 338 g/mol. The van der Waals surface area contributed by atoms with E-state index >= 15 is 0 Å². The van der Waals surface area contributed by atoms with Crippen molar-refractivity contribution < 1.29 is 14.8 Å². The highest BCUT2D eigenvalue weighted by molar-refractivity contribution is 9.10. The largest absolute Gasteiger partial charge is 0.497 e. The summed E-state index contributed by atoms with van der Waals surface area (Å²) in [5.74, 6) is 0.663. The topological polar surface area (TPSA) is 72.6 Å². The summed E-state index contributed by atoms with van der Waals surface area (Å²) in [5, 5.41) is 20.9. The molecule has 1 unspecified atom stereocenters. The zero-order chi connectivity index (χ0) is 15.4. The Bertz CT molecular complexity index is 643. The molecule has 0 amide bonds. The van der Waals surface area contributed by atoms with Crippen LogP contribution in [0.4, 0.5) is 5.69 Å². The number of rotatable bonds is 5. The predicted octanol–water partition coefficient (Wildman–Crippen LogP) is 3.64. The van der Waals surface area contributed by atoms with E-state index in [1.165, 1.54) is 12.1 Å². The lowest BCUT2D eigenvalue weighted by Gasteiger charge is -2.14. The number of aliphatic hydroxyl groups is 1. The van der Waals surface area contributed by atoms with Gasteiger partial charge in [-0.1, -0.05) is 28.1 Å². The number of hydrogen-bond donors (Lipinski definition) is 1. The zero-order valence-corrected chi connectivity index (χ0v) is 12.9. The Balaban J connectivity index is 2.17. The standard InChI is InChI=1S/C15H14BrNO4/c1-21-12-6-7-14(16)13(9-12)15(18)8-10-2-4-11(5-3-10)17(19)20/h2-7,9,15,18H,8H2,1H3. The maximum atomic E-state index is 10.6. The van der Waals surface area contributed by atoms with E-state index in [1.54, 1.807) is 31.4 Å². The molecule has 0 fully saturated rings. The molecule has 21 heavy (non-hydrogen) atoms. The summed E-state index contributed by atoms with van der Waals surface area (Å²) in [4.78, 5) is 10.2. The van der Waals surface area contributed by atoms with Gasteiger partial charge in [-0.05, 0) is 29.3 Å². The van der Waals surface area contributed by atoms with Crippen LogP contribution in [-0.4, -0.2) is 17.1 Å². The van der Waals surface area contributed by atoms with Gasteiger partial charge in [0.1, 0.15) is 5.75 Å². The summed E-state index contributed by atoms with van der Waals surface area (Å²) in [6, 6.07) is 11.5. The van der Waals surface area contributed by atoms with Gasteiger partial charge in [0.15, 0.2) is 0 Å². The van der Waals surface area contributed by atoms with Crippen molar-refractivity contribution in [3.05, 3.63) is 68.2 Å². The number of nitro benzene ring substituents is 1. The SMILES string of the molecule is COc1ccc(Br)c(C(O)Cc2ccc([N+](=O)[O-])cc2)c1. The fourth-order valence-corrected chi connectivity index (χ4v) is 2.50. The summed E-state index contributed by atoms with van der Waals surface area (Å²) in [7, 11) is 1.57. The van der Waals surface area contributed by atoms with Crippen molar-refractivity contribution in [2.45, 2.75) is 12.5 Å². The van der Waals surface area contributed by atoms with Crippen LogP contribution in [0.25, 0.3) is 0 Å². The highest BCUT2D eigenvalue weighted by Gasteiger charge is 2.14. The molecule has 0 heterocycles. The zero-order valence-electron chi connectivity index (χ0n) is 11.3. The summed E-state index contributed by atoms with van der Waals surface area (Å²) in [6.45, 7) is 0. The predicted molar refractivity (Wildman–Crippen MR) is 82.5 cm³/mol. The molecule has 110 valence electrons. The molecule has 0 aliphatic carbocycles. The minimum Gasteiger partial charge on any atom is -0.497 e. The Morgan fingerprint density at radius 2 is 1.95 bits per heavy atom. The van der Waals surface area contributed by atoms with Crippen LogP contribution in [0.3, 0.4) is 0 Å². The second-order valence-corrected chi connectivity index (χ2v) is 5.39. The van der Waals surface area contributed by atoms with Gasteiger partial charge in [0.05, 0.1) is 18.1 Å². The molecule has 0 bridgehead atoms. The van der Waals surface area contributed by atoms with E-state index in [1.807, 2.05) is 6.07 Å². The molecule has 0 aliphatic rings. The van der Waals surface area contributed by atoms with Gasteiger partial charge in [-0.15, -0.1) is 0 Å². The lowest BCUT2D eigenvalue weighted by atomic mass is 10.0. The summed E-state index contributed by atoms with van der Waals surface area (Å²) >= 11 is 3.40. The Hall–Kier alpha value is -1.92. The van der Waals surface area contributed by atoms with Gasteiger partial charge in [-0.25, -0.2) is 0 Å². The molecule has 6 heteroatoms. The van der Waals surface area contributed by atoms with Crippen molar-refractivity contribution in [1.82, 2.24) is 0 Å². The van der Waals surface area contributed by atoms with Gasteiger partial charge in [0, 0.05) is 23.0 Å². The van der Waals surface area contributed by atoms with Gasteiger partial charge >= 0.3 is 0 Å². The van der Waals surface area contributed by atoms with Crippen LogP contribution in [0.1, 0.15) is 17.2 Å². The minimum atomic E-state index is -0.726.